The number of hydrogen-bond acceptors (Lipinski definition) is 3. The van der Waals surface area contributed by atoms with E-state index in [2.05, 4.69) is 5.43 Å². The summed E-state index contributed by atoms with van der Waals surface area (Å²) in [4.78, 5) is 11.6. The molecule has 0 atom stereocenters. The third-order valence-electron chi connectivity index (χ3n) is 2.46. The normalized spacial score (nSPS) is 10.0. The summed E-state index contributed by atoms with van der Waals surface area (Å²) in [6, 6.07) is 10.9. The zero-order chi connectivity index (χ0) is 12.3. The van der Waals surface area contributed by atoms with Crippen LogP contribution in [0.25, 0.3) is 5.69 Å². The van der Waals surface area contributed by atoms with Crippen LogP contribution in [0.5, 0.6) is 5.75 Å². The third-order valence-corrected chi connectivity index (χ3v) is 2.46. The Morgan fingerprint density at radius 3 is 2.76 bits per heavy atom. The summed E-state index contributed by atoms with van der Waals surface area (Å²) in [5.74, 6) is 5.48. The number of ether oxygens (including phenoxy) is 1. The minimum absolute atomic E-state index is 0.346. The maximum atomic E-state index is 11.6. The Morgan fingerprint density at radius 2 is 2.06 bits per heavy atom. The number of carbonyl (C=O) groups excluding carboxylic acids is 1. The van der Waals surface area contributed by atoms with Crippen LogP contribution < -0.4 is 16.0 Å². The molecular weight excluding hydrogens is 218 g/mol. The van der Waals surface area contributed by atoms with Gasteiger partial charge in [0.05, 0.1) is 12.8 Å². The van der Waals surface area contributed by atoms with Crippen molar-refractivity contribution in [2.75, 3.05) is 7.11 Å². The Morgan fingerprint density at radius 1 is 1.29 bits per heavy atom. The quantitative estimate of drug-likeness (QED) is 0.472. The number of para-hydroxylation sites is 2. The second-order valence-corrected chi connectivity index (χ2v) is 3.41. The largest absolute Gasteiger partial charge is 0.495 e. The molecule has 17 heavy (non-hydrogen) atoms. The number of amides is 1. The standard InChI is InChI=1S/C12H13N3O2/c1-17-11-7-3-2-5-9(11)15-8-4-6-10(15)12(16)14-13/h2-8H,13H2,1H3,(H,14,16). The molecule has 0 saturated carbocycles. The molecule has 0 spiro atoms. The van der Waals surface area contributed by atoms with Crippen LogP contribution in [0.1, 0.15) is 10.5 Å². The molecule has 2 rings (SSSR count). The number of nitrogens with two attached hydrogens (primary N) is 1. The van der Waals surface area contributed by atoms with Gasteiger partial charge in [-0.1, -0.05) is 12.1 Å². The summed E-state index contributed by atoms with van der Waals surface area (Å²) in [6.45, 7) is 0. The lowest BCUT2D eigenvalue weighted by Crippen LogP contribution is -2.31. The van der Waals surface area contributed by atoms with Gasteiger partial charge in [-0.25, -0.2) is 5.84 Å². The summed E-state index contributed by atoms with van der Waals surface area (Å²) >= 11 is 0. The number of nitrogens with one attached hydrogen (secondary N) is 1. The van der Waals surface area contributed by atoms with Crippen molar-refractivity contribution >= 4 is 5.91 Å². The molecule has 3 N–H and O–H groups in total. The van der Waals surface area contributed by atoms with Gasteiger partial charge in [-0.15, -0.1) is 0 Å². The molecule has 2 aromatic rings. The molecule has 0 unspecified atom stereocenters. The van der Waals surface area contributed by atoms with E-state index in [4.69, 9.17) is 10.6 Å². The first-order valence-electron chi connectivity index (χ1n) is 5.09. The van der Waals surface area contributed by atoms with Crippen molar-refractivity contribution in [3.63, 3.8) is 0 Å². The fraction of sp³-hybridized carbons (Fsp3) is 0.0833. The van der Waals surface area contributed by atoms with Crippen LogP contribution in [0.4, 0.5) is 0 Å². The van der Waals surface area contributed by atoms with E-state index in [9.17, 15) is 4.79 Å². The third kappa shape index (κ3) is 2.00. The van der Waals surface area contributed by atoms with Gasteiger partial charge in [-0.05, 0) is 24.3 Å². The first kappa shape index (κ1) is 11.2. The van der Waals surface area contributed by atoms with Gasteiger partial charge in [0.1, 0.15) is 11.4 Å². The molecule has 0 aliphatic rings. The molecule has 0 fully saturated rings. The Labute approximate surface area is 98.8 Å². The van der Waals surface area contributed by atoms with Gasteiger partial charge in [0.25, 0.3) is 5.91 Å². The predicted molar refractivity (Wildman–Crippen MR) is 64.0 cm³/mol. The highest BCUT2D eigenvalue weighted by molar-refractivity contribution is 5.93. The van der Waals surface area contributed by atoms with Crippen molar-refractivity contribution in [1.82, 2.24) is 9.99 Å². The number of nitrogen functional groups attached to an aromatic ring is 1. The number of nitrogens with zero attached hydrogens (tertiary/aromatic N) is 1. The van der Waals surface area contributed by atoms with Gasteiger partial charge in [-0.2, -0.15) is 0 Å². The van der Waals surface area contributed by atoms with Crippen LogP contribution >= 0.6 is 0 Å². The highest BCUT2D eigenvalue weighted by Gasteiger charge is 2.12. The van der Waals surface area contributed by atoms with Gasteiger partial charge in [-0.3, -0.25) is 10.2 Å². The van der Waals surface area contributed by atoms with E-state index in [1.807, 2.05) is 24.3 Å². The fourth-order valence-corrected chi connectivity index (χ4v) is 1.68. The number of rotatable bonds is 3. The van der Waals surface area contributed by atoms with Gasteiger partial charge >= 0.3 is 0 Å². The predicted octanol–water partition coefficient (Wildman–Crippen LogP) is 1.09. The summed E-state index contributed by atoms with van der Waals surface area (Å²) in [5.41, 5.74) is 3.36. The van der Waals surface area contributed by atoms with Crippen molar-refractivity contribution in [1.29, 1.82) is 0 Å². The highest BCUT2D eigenvalue weighted by atomic mass is 16.5. The van der Waals surface area contributed by atoms with E-state index in [0.29, 0.717) is 11.4 Å². The second kappa shape index (κ2) is 4.71. The van der Waals surface area contributed by atoms with E-state index < -0.39 is 0 Å². The summed E-state index contributed by atoms with van der Waals surface area (Å²) in [5, 5.41) is 0. The highest BCUT2D eigenvalue weighted by Crippen LogP contribution is 2.23. The molecule has 1 amide bonds. The fourth-order valence-electron chi connectivity index (χ4n) is 1.68. The molecule has 0 radical (unpaired) electrons. The van der Waals surface area contributed by atoms with Crippen LogP contribution in [0.3, 0.4) is 0 Å². The topological polar surface area (TPSA) is 69.3 Å². The number of methoxy groups -OCH3 is 1. The first-order chi connectivity index (χ1) is 8.27. The molecule has 5 nitrogen and oxygen atoms in total. The second-order valence-electron chi connectivity index (χ2n) is 3.41. The number of benzene rings is 1. The molecule has 1 heterocycles. The van der Waals surface area contributed by atoms with E-state index in [1.165, 1.54) is 0 Å². The maximum absolute atomic E-state index is 11.6. The molecule has 0 aliphatic heterocycles. The van der Waals surface area contributed by atoms with Crippen molar-refractivity contribution in [3.8, 4) is 11.4 Å². The van der Waals surface area contributed by atoms with Crippen molar-refractivity contribution in [3.05, 3.63) is 48.3 Å². The van der Waals surface area contributed by atoms with Crippen LogP contribution in [0.15, 0.2) is 42.6 Å². The molecule has 0 aliphatic carbocycles. The lowest BCUT2D eigenvalue weighted by atomic mass is 10.3. The molecule has 5 heteroatoms. The van der Waals surface area contributed by atoms with E-state index >= 15 is 0 Å². The van der Waals surface area contributed by atoms with E-state index in [0.717, 1.165) is 5.69 Å². The van der Waals surface area contributed by atoms with Crippen molar-refractivity contribution in [2.24, 2.45) is 5.84 Å². The Kier molecular flexibility index (Phi) is 3.11. The lowest BCUT2D eigenvalue weighted by Gasteiger charge is -2.11. The SMILES string of the molecule is COc1ccccc1-n1cccc1C(=O)NN. The van der Waals surface area contributed by atoms with Gasteiger partial charge in [0.15, 0.2) is 0 Å². The van der Waals surface area contributed by atoms with E-state index in [-0.39, 0.29) is 5.91 Å². The average Bonchev–Trinajstić information content (AvgIpc) is 2.86. The minimum Gasteiger partial charge on any atom is -0.495 e. The molecule has 0 bridgehead atoms. The van der Waals surface area contributed by atoms with Gasteiger partial charge in [0, 0.05) is 6.20 Å². The van der Waals surface area contributed by atoms with E-state index in [1.54, 1.807) is 30.0 Å². The van der Waals surface area contributed by atoms with Crippen molar-refractivity contribution in [2.45, 2.75) is 0 Å². The average molecular weight is 231 g/mol. The smallest absolute Gasteiger partial charge is 0.282 e. The van der Waals surface area contributed by atoms with Gasteiger partial charge < -0.3 is 9.30 Å². The number of hydrogen-bond donors (Lipinski definition) is 2. The molecule has 0 saturated heterocycles. The molecule has 88 valence electrons. The van der Waals surface area contributed by atoms with Crippen LogP contribution in [0, 0.1) is 0 Å². The molecular formula is C12H13N3O2. The summed E-state index contributed by atoms with van der Waals surface area (Å²) in [7, 11) is 1.59. The Bertz CT molecular complexity index is 534. The van der Waals surface area contributed by atoms with Crippen LogP contribution in [-0.2, 0) is 0 Å². The lowest BCUT2D eigenvalue weighted by molar-refractivity contribution is 0.0947. The Balaban J connectivity index is 2.53. The van der Waals surface area contributed by atoms with Crippen molar-refractivity contribution < 1.29 is 9.53 Å². The van der Waals surface area contributed by atoms with Gasteiger partial charge in [0.2, 0.25) is 0 Å². The minimum atomic E-state index is -0.346. The van der Waals surface area contributed by atoms with Crippen LogP contribution in [-0.4, -0.2) is 17.6 Å². The first-order valence-corrected chi connectivity index (χ1v) is 5.09. The molecule has 1 aromatic carbocycles. The zero-order valence-corrected chi connectivity index (χ0v) is 9.38. The summed E-state index contributed by atoms with van der Waals surface area (Å²) < 4.78 is 6.98. The number of carbonyl (C=O) groups is 1. The molecule has 1 aromatic heterocycles. The Hall–Kier alpha value is -2.27. The monoisotopic (exact) mass is 231 g/mol. The zero-order valence-electron chi connectivity index (χ0n) is 9.38. The summed E-state index contributed by atoms with van der Waals surface area (Å²) in [6.07, 6.45) is 1.78. The number of aromatic nitrogens is 1. The van der Waals surface area contributed by atoms with Crippen LogP contribution in [0.2, 0.25) is 0 Å². The number of hydrazine groups is 1. The maximum Gasteiger partial charge on any atom is 0.282 e.